The standard InChI is InChI=1S/C15H19NO2/c1-16(9-11-18-12-10-17)15-8-4-6-13-5-2-3-7-14(13)15/h2-8,17H,9-12H2,1H3. The largest absolute Gasteiger partial charge is 0.394 e. The lowest BCUT2D eigenvalue weighted by Gasteiger charge is -2.21. The van der Waals surface area contributed by atoms with Gasteiger partial charge in [-0.2, -0.15) is 0 Å². The molecule has 0 aliphatic rings. The van der Waals surface area contributed by atoms with E-state index in [2.05, 4.69) is 54.4 Å². The monoisotopic (exact) mass is 245 g/mol. The molecule has 0 bridgehead atoms. The minimum Gasteiger partial charge on any atom is -0.394 e. The van der Waals surface area contributed by atoms with Crippen molar-refractivity contribution in [3.8, 4) is 0 Å². The zero-order chi connectivity index (χ0) is 12.8. The molecule has 0 radical (unpaired) electrons. The number of benzene rings is 2. The van der Waals surface area contributed by atoms with E-state index in [0.717, 1.165) is 6.54 Å². The SMILES string of the molecule is CN(CCOCCO)c1cccc2ccccc12. The van der Waals surface area contributed by atoms with E-state index in [1.165, 1.54) is 16.5 Å². The first-order valence-electron chi connectivity index (χ1n) is 6.20. The Balaban J connectivity index is 2.10. The average molecular weight is 245 g/mol. The van der Waals surface area contributed by atoms with Gasteiger partial charge in [-0.15, -0.1) is 0 Å². The summed E-state index contributed by atoms with van der Waals surface area (Å²) in [6.45, 7) is 1.93. The smallest absolute Gasteiger partial charge is 0.0698 e. The highest BCUT2D eigenvalue weighted by Crippen LogP contribution is 2.25. The Labute approximate surface area is 108 Å². The van der Waals surface area contributed by atoms with Crippen LogP contribution in [0.2, 0.25) is 0 Å². The van der Waals surface area contributed by atoms with E-state index < -0.39 is 0 Å². The summed E-state index contributed by atoms with van der Waals surface area (Å²) in [7, 11) is 2.06. The zero-order valence-corrected chi connectivity index (χ0v) is 10.7. The van der Waals surface area contributed by atoms with Crippen molar-refractivity contribution in [1.82, 2.24) is 0 Å². The van der Waals surface area contributed by atoms with Gasteiger partial charge in [-0.3, -0.25) is 0 Å². The minimum atomic E-state index is 0.0813. The van der Waals surface area contributed by atoms with Crippen LogP contribution >= 0.6 is 0 Å². The molecule has 0 aliphatic heterocycles. The second kappa shape index (κ2) is 6.38. The molecule has 0 aliphatic carbocycles. The van der Waals surface area contributed by atoms with Gasteiger partial charge in [0.1, 0.15) is 0 Å². The first-order chi connectivity index (χ1) is 8.83. The van der Waals surface area contributed by atoms with Gasteiger partial charge in [0.05, 0.1) is 19.8 Å². The van der Waals surface area contributed by atoms with Crippen molar-refractivity contribution in [3.63, 3.8) is 0 Å². The Morgan fingerprint density at radius 1 is 1.06 bits per heavy atom. The van der Waals surface area contributed by atoms with Crippen LogP contribution in [0.3, 0.4) is 0 Å². The third-order valence-corrected chi connectivity index (χ3v) is 2.98. The molecule has 0 spiro atoms. The molecule has 0 saturated heterocycles. The van der Waals surface area contributed by atoms with Crippen LogP contribution in [0.1, 0.15) is 0 Å². The molecule has 2 aromatic carbocycles. The quantitative estimate of drug-likeness (QED) is 0.793. The number of rotatable bonds is 6. The molecular formula is C15H19NO2. The lowest BCUT2D eigenvalue weighted by Crippen LogP contribution is -2.23. The van der Waals surface area contributed by atoms with E-state index in [1.807, 2.05) is 0 Å². The van der Waals surface area contributed by atoms with Crippen molar-refractivity contribution in [2.24, 2.45) is 0 Å². The van der Waals surface area contributed by atoms with Crippen LogP contribution in [0.15, 0.2) is 42.5 Å². The molecule has 0 fully saturated rings. The highest BCUT2D eigenvalue weighted by atomic mass is 16.5. The Morgan fingerprint density at radius 3 is 2.67 bits per heavy atom. The van der Waals surface area contributed by atoms with Crippen LogP contribution in [-0.2, 0) is 4.74 Å². The number of hydrogen-bond acceptors (Lipinski definition) is 3. The van der Waals surface area contributed by atoms with Gasteiger partial charge in [-0.1, -0.05) is 36.4 Å². The highest BCUT2D eigenvalue weighted by molar-refractivity contribution is 5.94. The summed E-state index contributed by atoms with van der Waals surface area (Å²) >= 11 is 0. The normalized spacial score (nSPS) is 10.8. The van der Waals surface area contributed by atoms with E-state index in [-0.39, 0.29) is 6.61 Å². The molecule has 0 saturated carbocycles. The number of nitrogens with zero attached hydrogens (tertiary/aromatic N) is 1. The van der Waals surface area contributed by atoms with Crippen molar-refractivity contribution in [2.75, 3.05) is 38.3 Å². The van der Waals surface area contributed by atoms with E-state index in [4.69, 9.17) is 9.84 Å². The molecule has 0 heterocycles. The summed E-state index contributed by atoms with van der Waals surface area (Å²) in [5.74, 6) is 0. The van der Waals surface area contributed by atoms with Gasteiger partial charge < -0.3 is 14.7 Å². The Bertz CT molecular complexity index is 493. The molecule has 0 unspecified atom stereocenters. The Hall–Kier alpha value is -1.58. The first kappa shape index (κ1) is 12.9. The molecule has 0 atom stereocenters. The molecular weight excluding hydrogens is 226 g/mol. The number of aliphatic hydroxyl groups excluding tert-OH is 1. The van der Waals surface area contributed by atoms with E-state index in [9.17, 15) is 0 Å². The maximum atomic E-state index is 8.65. The molecule has 18 heavy (non-hydrogen) atoms. The van der Waals surface area contributed by atoms with Gasteiger partial charge in [0.25, 0.3) is 0 Å². The third kappa shape index (κ3) is 3.00. The summed E-state index contributed by atoms with van der Waals surface area (Å²) in [6.07, 6.45) is 0. The van der Waals surface area contributed by atoms with Crippen LogP contribution in [-0.4, -0.2) is 38.5 Å². The van der Waals surface area contributed by atoms with Gasteiger partial charge in [-0.25, -0.2) is 0 Å². The first-order valence-corrected chi connectivity index (χ1v) is 6.20. The number of hydrogen-bond donors (Lipinski definition) is 1. The van der Waals surface area contributed by atoms with Crippen molar-refractivity contribution in [2.45, 2.75) is 0 Å². The minimum absolute atomic E-state index is 0.0813. The van der Waals surface area contributed by atoms with Gasteiger partial charge in [0.2, 0.25) is 0 Å². The summed E-state index contributed by atoms with van der Waals surface area (Å²) in [5.41, 5.74) is 1.21. The van der Waals surface area contributed by atoms with Crippen LogP contribution in [0.4, 0.5) is 5.69 Å². The van der Waals surface area contributed by atoms with Crippen LogP contribution < -0.4 is 4.90 Å². The van der Waals surface area contributed by atoms with E-state index in [1.54, 1.807) is 0 Å². The zero-order valence-electron chi connectivity index (χ0n) is 10.7. The second-order valence-electron chi connectivity index (χ2n) is 4.26. The van der Waals surface area contributed by atoms with Crippen molar-refractivity contribution in [3.05, 3.63) is 42.5 Å². The van der Waals surface area contributed by atoms with Gasteiger partial charge in [0.15, 0.2) is 0 Å². The Kier molecular flexibility index (Phi) is 4.56. The molecule has 3 heteroatoms. The summed E-state index contributed by atoms with van der Waals surface area (Å²) in [5, 5.41) is 11.2. The fourth-order valence-electron chi connectivity index (χ4n) is 2.03. The number of likely N-dealkylation sites (N-methyl/N-ethyl adjacent to an activating group) is 1. The molecule has 1 N–H and O–H groups in total. The van der Waals surface area contributed by atoms with Gasteiger partial charge >= 0.3 is 0 Å². The molecule has 96 valence electrons. The molecule has 3 nitrogen and oxygen atoms in total. The molecule has 0 aromatic heterocycles. The average Bonchev–Trinajstić information content (AvgIpc) is 2.43. The number of anilines is 1. The molecule has 2 aromatic rings. The predicted molar refractivity (Wildman–Crippen MR) is 75.1 cm³/mol. The maximum Gasteiger partial charge on any atom is 0.0698 e. The van der Waals surface area contributed by atoms with Crippen LogP contribution in [0.25, 0.3) is 10.8 Å². The second-order valence-corrected chi connectivity index (χ2v) is 4.26. The van der Waals surface area contributed by atoms with Crippen LogP contribution in [0.5, 0.6) is 0 Å². The number of aliphatic hydroxyl groups is 1. The topological polar surface area (TPSA) is 32.7 Å². The van der Waals surface area contributed by atoms with Crippen molar-refractivity contribution in [1.29, 1.82) is 0 Å². The third-order valence-electron chi connectivity index (χ3n) is 2.98. The van der Waals surface area contributed by atoms with Crippen molar-refractivity contribution >= 4 is 16.5 Å². The lowest BCUT2D eigenvalue weighted by atomic mass is 10.1. The molecule has 2 rings (SSSR count). The maximum absolute atomic E-state index is 8.65. The number of fused-ring (bicyclic) bond motifs is 1. The highest BCUT2D eigenvalue weighted by Gasteiger charge is 2.04. The van der Waals surface area contributed by atoms with Gasteiger partial charge in [-0.05, 0) is 11.5 Å². The van der Waals surface area contributed by atoms with E-state index >= 15 is 0 Å². The van der Waals surface area contributed by atoms with Crippen LogP contribution in [0, 0.1) is 0 Å². The summed E-state index contributed by atoms with van der Waals surface area (Å²) in [6, 6.07) is 14.7. The summed E-state index contributed by atoms with van der Waals surface area (Å²) in [4.78, 5) is 2.18. The van der Waals surface area contributed by atoms with E-state index in [0.29, 0.717) is 13.2 Å². The van der Waals surface area contributed by atoms with Crippen molar-refractivity contribution < 1.29 is 9.84 Å². The fourth-order valence-corrected chi connectivity index (χ4v) is 2.03. The molecule has 0 amide bonds. The fraction of sp³-hybridized carbons (Fsp3) is 0.333. The Morgan fingerprint density at radius 2 is 1.83 bits per heavy atom. The predicted octanol–water partition coefficient (Wildman–Crippen LogP) is 2.28. The van der Waals surface area contributed by atoms with Gasteiger partial charge in [0, 0.05) is 24.7 Å². The lowest BCUT2D eigenvalue weighted by molar-refractivity contribution is 0.0971. The number of ether oxygens (including phenoxy) is 1. The summed E-state index contributed by atoms with van der Waals surface area (Å²) < 4.78 is 5.30.